The number of rotatable bonds is 5. The van der Waals surface area contributed by atoms with Gasteiger partial charge >= 0.3 is 0 Å². The van der Waals surface area contributed by atoms with E-state index in [1.54, 1.807) is 0 Å². The van der Waals surface area contributed by atoms with Crippen LogP contribution < -0.4 is 10.6 Å². The van der Waals surface area contributed by atoms with Crippen LogP contribution in [0.1, 0.15) is 50.6 Å². The van der Waals surface area contributed by atoms with Crippen LogP contribution in [0, 0.1) is 5.92 Å². The second-order valence-electron chi connectivity index (χ2n) is 7.38. The molecule has 2 fully saturated rings. The Morgan fingerprint density at radius 3 is 2.71 bits per heavy atom. The fraction of sp³-hybridized carbons (Fsp3) is 0.650. The van der Waals surface area contributed by atoms with Gasteiger partial charge in [0.2, 0.25) is 5.91 Å². The fourth-order valence-electron chi connectivity index (χ4n) is 4.12. The first kappa shape index (κ1) is 17.4. The Bertz CT molecular complexity index is 513. The molecule has 0 bridgehead atoms. The predicted molar refractivity (Wildman–Crippen MR) is 97.8 cm³/mol. The maximum absolute atomic E-state index is 12.7. The molecule has 2 atom stereocenters. The minimum absolute atomic E-state index is 0.164. The Labute approximate surface area is 146 Å². The van der Waals surface area contributed by atoms with Gasteiger partial charge in [-0.1, -0.05) is 49.6 Å². The standard InChI is InChI=1S/C20H31N3O/c1-16-14-21-12-13-23(16)15-19(24)22-20(17-8-4-2-5-9-17)18-10-6-3-7-11-18/h2,4-5,8-9,16,18,20-21H,3,6-7,10-15H2,1H3,(H,22,24)/t16-,20?/m1/s1. The third-order valence-corrected chi connectivity index (χ3v) is 5.58. The normalized spacial score (nSPS) is 24.5. The van der Waals surface area contributed by atoms with E-state index in [1.807, 2.05) is 6.07 Å². The van der Waals surface area contributed by atoms with E-state index < -0.39 is 0 Å². The highest BCUT2D eigenvalue weighted by Crippen LogP contribution is 2.34. The Balaban J connectivity index is 1.65. The molecule has 4 nitrogen and oxygen atoms in total. The van der Waals surface area contributed by atoms with Crippen molar-refractivity contribution < 1.29 is 4.79 Å². The number of carbonyl (C=O) groups is 1. The topological polar surface area (TPSA) is 44.4 Å². The van der Waals surface area contributed by atoms with Crippen LogP contribution in [0.4, 0.5) is 0 Å². The van der Waals surface area contributed by atoms with Gasteiger partial charge in [0.15, 0.2) is 0 Å². The van der Waals surface area contributed by atoms with E-state index in [9.17, 15) is 4.79 Å². The zero-order valence-corrected chi connectivity index (χ0v) is 14.8. The average molecular weight is 329 g/mol. The molecule has 0 spiro atoms. The van der Waals surface area contributed by atoms with Gasteiger partial charge in [0.1, 0.15) is 0 Å². The molecule has 24 heavy (non-hydrogen) atoms. The summed E-state index contributed by atoms with van der Waals surface area (Å²) in [5, 5.41) is 6.75. The Morgan fingerprint density at radius 1 is 1.25 bits per heavy atom. The number of hydrogen-bond donors (Lipinski definition) is 2. The van der Waals surface area contributed by atoms with Gasteiger partial charge in [0.05, 0.1) is 12.6 Å². The highest BCUT2D eigenvalue weighted by atomic mass is 16.2. The first-order valence-electron chi connectivity index (χ1n) is 9.53. The van der Waals surface area contributed by atoms with E-state index in [2.05, 4.69) is 46.7 Å². The van der Waals surface area contributed by atoms with Crippen molar-refractivity contribution in [2.75, 3.05) is 26.2 Å². The van der Waals surface area contributed by atoms with E-state index in [0.717, 1.165) is 19.6 Å². The molecule has 3 rings (SSSR count). The molecule has 1 amide bonds. The predicted octanol–water partition coefficient (Wildman–Crippen LogP) is 2.72. The second-order valence-corrected chi connectivity index (χ2v) is 7.38. The van der Waals surface area contributed by atoms with E-state index in [4.69, 9.17) is 0 Å². The Morgan fingerprint density at radius 2 is 2.00 bits per heavy atom. The molecule has 1 saturated heterocycles. The lowest BCUT2D eigenvalue weighted by molar-refractivity contribution is -0.124. The van der Waals surface area contributed by atoms with Crippen LogP contribution in [-0.2, 0) is 4.79 Å². The summed E-state index contributed by atoms with van der Waals surface area (Å²) < 4.78 is 0. The van der Waals surface area contributed by atoms with Crippen LogP contribution in [0.2, 0.25) is 0 Å². The quantitative estimate of drug-likeness (QED) is 0.873. The smallest absolute Gasteiger partial charge is 0.234 e. The lowest BCUT2D eigenvalue weighted by Crippen LogP contribution is -2.53. The third kappa shape index (κ3) is 4.58. The maximum Gasteiger partial charge on any atom is 0.234 e. The van der Waals surface area contributed by atoms with Crippen molar-refractivity contribution in [2.24, 2.45) is 5.92 Å². The lowest BCUT2D eigenvalue weighted by Gasteiger charge is -2.35. The molecule has 2 N–H and O–H groups in total. The van der Waals surface area contributed by atoms with E-state index in [0.29, 0.717) is 18.5 Å². The molecule has 1 heterocycles. The molecule has 0 aromatic heterocycles. The number of nitrogens with zero attached hydrogens (tertiary/aromatic N) is 1. The number of hydrogen-bond acceptors (Lipinski definition) is 3. The van der Waals surface area contributed by atoms with Crippen LogP contribution in [0.5, 0.6) is 0 Å². The van der Waals surface area contributed by atoms with Crippen LogP contribution >= 0.6 is 0 Å². The molecular formula is C20H31N3O. The Hall–Kier alpha value is -1.39. The largest absolute Gasteiger partial charge is 0.348 e. The van der Waals surface area contributed by atoms with Crippen molar-refractivity contribution in [2.45, 2.75) is 51.1 Å². The van der Waals surface area contributed by atoms with Crippen molar-refractivity contribution in [3.63, 3.8) is 0 Å². The molecule has 1 aliphatic heterocycles. The van der Waals surface area contributed by atoms with Gasteiger partial charge in [-0.25, -0.2) is 0 Å². The molecule has 1 saturated carbocycles. The summed E-state index contributed by atoms with van der Waals surface area (Å²) in [7, 11) is 0. The molecule has 1 aromatic rings. The zero-order chi connectivity index (χ0) is 16.8. The highest BCUT2D eigenvalue weighted by molar-refractivity contribution is 5.78. The number of piperazine rings is 1. The highest BCUT2D eigenvalue weighted by Gasteiger charge is 2.28. The molecule has 1 aliphatic carbocycles. The van der Waals surface area contributed by atoms with Crippen LogP contribution in [0.3, 0.4) is 0 Å². The number of carbonyl (C=O) groups excluding carboxylic acids is 1. The maximum atomic E-state index is 12.7. The van der Waals surface area contributed by atoms with Crippen LogP contribution in [0.25, 0.3) is 0 Å². The first-order chi connectivity index (χ1) is 11.7. The summed E-state index contributed by atoms with van der Waals surface area (Å²) in [6.45, 7) is 5.60. The summed E-state index contributed by atoms with van der Waals surface area (Å²) >= 11 is 0. The third-order valence-electron chi connectivity index (χ3n) is 5.58. The van der Waals surface area contributed by atoms with E-state index in [1.165, 1.54) is 37.7 Å². The minimum Gasteiger partial charge on any atom is -0.348 e. The van der Waals surface area contributed by atoms with Gasteiger partial charge < -0.3 is 10.6 Å². The van der Waals surface area contributed by atoms with Crippen molar-refractivity contribution in [3.05, 3.63) is 35.9 Å². The van der Waals surface area contributed by atoms with Crippen LogP contribution in [0.15, 0.2) is 30.3 Å². The summed E-state index contributed by atoms with van der Waals surface area (Å²) in [5.41, 5.74) is 1.26. The number of benzene rings is 1. The molecular weight excluding hydrogens is 298 g/mol. The van der Waals surface area contributed by atoms with Crippen molar-refractivity contribution in [1.82, 2.24) is 15.5 Å². The van der Waals surface area contributed by atoms with Gasteiger partial charge in [-0.05, 0) is 31.2 Å². The van der Waals surface area contributed by atoms with E-state index >= 15 is 0 Å². The molecule has 0 radical (unpaired) electrons. The number of nitrogens with one attached hydrogen (secondary N) is 2. The van der Waals surface area contributed by atoms with Crippen molar-refractivity contribution in [3.8, 4) is 0 Å². The van der Waals surface area contributed by atoms with Gasteiger partial charge in [-0.2, -0.15) is 0 Å². The zero-order valence-electron chi connectivity index (χ0n) is 14.8. The van der Waals surface area contributed by atoms with Gasteiger partial charge in [-0.15, -0.1) is 0 Å². The minimum atomic E-state index is 0.164. The summed E-state index contributed by atoms with van der Waals surface area (Å²) in [6, 6.07) is 11.1. The number of amides is 1. The summed E-state index contributed by atoms with van der Waals surface area (Å²) in [5.74, 6) is 0.744. The molecule has 1 aromatic carbocycles. The monoisotopic (exact) mass is 329 g/mol. The second kappa shape index (κ2) is 8.63. The lowest BCUT2D eigenvalue weighted by atomic mass is 9.81. The SMILES string of the molecule is C[C@@H]1CNCCN1CC(=O)NC(c1ccccc1)C1CCCCC1. The molecule has 2 aliphatic rings. The van der Waals surface area contributed by atoms with Crippen LogP contribution in [-0.4, -0.2) is 43.0 Å². The fourth-order valence-corrected chi connectivity index (χ4v) is 4.12. The van der Waals surface area contributed by atoms with Crippen molar-refractivity contribution in [1.29, 1.82) is 0 Å². The van der Waals surface area contributed by atoms with Crippen molar-refractivity contribution >= 4 is 5.91 Å². The average Bonchev–Trinajstić information content (AvgIpc) is 2.63. The summed E-state index contributed by atoms with van der Waals surface area (Å²) in [4.78, 5) is 15.0. The molecule has 132 valence electrons. The van der Waals surface area contributed by atoms with Gasteiger partial charge in [0, 0.05) is 25.7 Å². The molecule has 1 unspecified atom stereocenters. The molecule has 4 heteroatoms. The first-order valence-corrected chi connectivity index (χ1v) is 9.53. The van der Waals surface area contributed by atoms with Gasteiger partial charge in [0.25, 0.3) is 0 Å². The van der Waals surface area contributed by atoms with Gasteiger partial charge in [-0.3, -0.25) is 9.69 Å². The van der Waals surface area contributed by atoms with E-state index in [-0.39, 0.29) is 11.9 Å². The Kier molecular flexibility index (Phi) is 6.27. The summed E-state index contributed by atoms with van der Waals surface area (Å²) in [6.07, 6.45) is 6.37.